The van der Waals surface area contributed by atoms with Crippen LogP contribution >= 0.6 is 0 Å². The molecule has 4 nitrogen and oxygen atoms in total. The number of carbonyl (C=O) groups excluding carboxylic acids is 1. The second-order valence-corrected chi connectivity index (χ2v) is 2.00. The van der Waals surface area contributed by atoms with Gasteiger partial charge in [0.25, 0.3) is 0 Å². The molecule has 2 N–H and O–H groups in total. The molecule has 0 spiro atoms. The van der Waals surface area contributed by atoms with Gasteiger partial charge in [-0.05, 0) is 6.92 Å². The molecule has 0 aromatic carbocycles. The van der Waals surface area contributed by atoms with Crippen molar-refractivity contribution >= 4 is 5.97 Å². The van der Waals surface area contributed by atoms with Gasteiger partial charge in [0.2, 0.25) is 0 Å². The van der Waals surface area contributed by atoms with Crippen molar-refractivity contribution in [3.05, 3.63) is 0 Å². The van der Waals surface area contributed by atoms with Gasteiger partial charge >= 0.3 is 5.97 Å². The van der Waals surface area contributed by atoms with E-state index in [-0.39, 0.29) is 19.6 Å². The molecule has 4 heteroatoms. The lowest BCUT2D eigenvalue weighted by atomic mass is 10.3. The highest BCUT2D eigenvalue weighted by atomic mass is 16.5. The molecule has 10 heavy (non-hydrogen) atoms. The lowest BCUT2D eigenvalue weighted by molar-refractivity contribution is -0.146. The van der Waals surface area contributed by atoms with E-state index in [1.54, 1.807) is 0 Å². The molecule has 0 aliphatic rings. The predicted octanol–water partition coefficient (Wildman–Crippen LogP) is -0.707. The van der Waals surface area contributed by atoms with Crippen molar-refractivity contribution in [3.63, 3.8) is 0 Å². The van der Waals surface area contributed by atoms with Crippen LogP contribution in [0, 0.1) is 0 Å². The predicted molar refractivity (Wildman–Crippen MR) is 34.3 cm³/mol. The van der Waals surface area contributed by atoms with E-state index in [0.717, 1.165) is 0 Å². The van der Waals surface area contributed by atoms with Crippen LogP contribution in [0.1, 0.15) is 13.3 Å². The molecule has 0 aliphatic heterocycles. The quantitative estimate of drug-likeness (QED) is 0.517. The monoisotopic (exact) mass is 148 g/mol. The number of ether oxygens (including phenoxy) is 1. The summed E-state index contributed by atoms with van der Waals surface area (Å²) < 4.78 is 4.45. The maximum Gasteiger partial charge on any atom is 0.308 e. The minimum Gasteiger partial charge on any atom is -0.463 e. The molecule has 0 saturated heterocycles. The minimum absolute atomic E-state index is 0.00551. The van der Waals surface area contributed by atoms with Crippen LogP contribution in [0.4, 0.5) is 0 Å². The average molecular weight is 148 g/mol. The fraction of sp³-hybridized carbons (Fsp3) is 0.833. The van der Waals surface area contributed by atoms with Gasteiger partial charge in [-0.15, -0.1) is 0 Å². The number of hydrogen-bond donors (Lipinski definition) is 2. The summed E-state index contributed by atoms with van der Waals surface area (Å²) in [5.74, 6) is -0.482. The normalized spacial score (nSPS) is 12.7. The summed E-state index contributed by atoms with van der Waals surface area (Å²) in [6.07, 6.45) is -0.689. The van der Waals surface area contributed by atoms with E-state index in [9.17, 15) is 4.79 Å². The molecule has 0 aromatic heterocycles. The first kappa shape index (κ1) is 9.39. The number of rotatable bonds is 4. The van der Waals surface area contributed by atoms with Gasteiger partial charge in [-0.25, -0.2) is 0 Å². The molecule has 0 aromatic rings. The Labute approximate surface area is 59.4 Å². The molecule has 0 unspecified atom stereocenters. The second-order valence-electron chi connectivity index (χ2n) is 2.00. The molecular weight excluding hydrogens is 136 g/mol. The second kappa shape index (κ2) is 5.20. The first-order valence-electron chi connectivity index (χ1n) is 3.11. The van der Waals surface area contributed by atoms with Gasteiger partial charge in [-0.3, -0.25) is 4.79 Å². The van der Waals surface area contributed by atoms with E-state index in [1.165, 1.54) is 6.92 Å². The van der Waals surface area contributed by atoms with E-state index in [1.807, 2.05) is 0 Å². The Morgan fingerprint density at radius 1 is 1.70 bits per heavy atom. The molecule has 0 bridgehead atoms. The fourth-order valence-corrected chi connectivity index (χ4v) is 0.460. The standard InChI is InChI=1S/C6H12O4/c1-5(8)4-6(9)10-3-2-7/h5,7-8H,2-4H2,1H3/t5-/m1/s1. The van der Waals surface area contributed by atoms with Gasteiger partial charge in [0.15, 0.2) is 0 Å². The Hall–Kier alpha value is -0.610. The van der Waals surface area contributed by atoms with Crippen LogP contribution in [-0.2, 0) is 9.53 Å². The number of hydrogen-bond acceptors (Lipinski definition) is 4. The summed E-state index contributed by atoms with van der Waals surface area (Å²) in [7, 11) is 0. The van der Waals surface area contributed by atoms with Gasteiger partial charge in [-0.2, -0.15) is 0 Å². The maximum atomic E-state index is 10.5. The van der Waals surface area contributed by atoms with Crippen LogP contribution in [0.5, 0.6) is 0 Å². The lowest BCUT2D eigenvalue weighted by Gasteiger charge is -2.03. The SMILES string of the molecule is C[C@@H](O)CC(=O)OCCO. The summed E-state index contributed by atoms with van der Waals surface area (Å²) in [6, 6.07) is 0. The molecule has 0 heterocycles. The zero-order chi connectivity index (χ0) is 7.98. The van der Waals surface area contributed by atoms with Crippen molar-refractivity contribution in [2.75, 3.05) is 13.2 Å². The number of aliphatic hydroxyl groups excluding tert-OH is 2. The smallest absolute Gasteiger partial charge is 0.308 e. The van der Waals surface area contributed by atoms with Crippen LogP contribution in [0.25, 0.3) is 0 Å². The van der Waals surface area contributed by atoms with Crippen molar-refractivity contribution in [1.29, 1.82) is 0 Å². The summed E-state index contributed by atoms with van der Waals surface area (Å²) in [6.45, 7) is 1.33. The number of aliphatic hydroxyl groups is 2. The third-order valence-corrected chi connectivity index (χ3v) is 0.816. The van der Waals surface area contributed by atoms with Crippen LogP contribution in [0.15, 0.2) is 0 Å². The summed E-state index contributed by atoms with van der Waals surface area (Å²) >= 11 is 0. The average Bonchev–Trinajstić information content (AvgIpc) is 1.82. The van der Waals surface area contributed by atoms with Gasteiger partial charge in [0.05, 0.1) is 19.1 Å². The molecule has 0 aliphatic carbocycles. The molecule has 0 fully saturated rings. The molecular formula is C6H12O4. The van der Waals surface area contributed by atoms with Crippen LogP contribution in [0.2, 0.25) is 0 Å². The molecule has 1 atom stereocenters. The van der Waals surface area contributed by atoms with E-state index in [0.29, 0.717) is 0 Å². The summed E-state index contributed by atoms with van der Waals surface area (Å²) in [5, 5.41) is 16.9. The first-order valence-corrected chi connectivity index (χ1v) is 3.11. The largest absolute Gasteiger partial charge is 0.463 e. The zero-order valence-corrected chi connectivity index (χ0v) is 5.91. The number of carbonyl (C=O) groups is 1. The molecule has 0 rings (SSSR count). The van der Waals surface area contributed by atoms with Gasteiger partial charge in [0.1, 0.15) is 6.61 Å². The maximum absolute atomic E-state index is 10.5. The number of esters is 1. The summed E-state index contributed by atoms with van der Waals surface area (Å²) in [5.41, 5.74) is 0. The van der Waals surface area contributed by atoms with Crippen LogP contribution in [0.3, 0.4) is 0 Å². The van der Waals surface area contributed by atoms with Crippen molar-refractivity contribution in [3.8, 4) is 0 Å². The van der Waals surface area contributed by atoms with Gasteiger partial charge < -0.3 is 14.9 Å². The minimum atomic E-state index is -0.675. The Kier molecular flexibility index (Phi) is 4.88. The zero-order valence-electron chi connectivity index (χ0n) is 5.91. The Bertz CT molecular complexity index is 99.9. The first-order chi connectivity index (χ1) is 4.66. The van der Waals surface area contributed by atoms with E-state index in [4.69, 9.17) is 10.2 Å². The molecule has 0 amide bonds. The third-order valence-electron chi connectivity index (χ3n) is 0.816. The van der Waals surface area contributed by atoms with Crippen LogP contribution in [-0.4, -0.2) is 35.5 Å². The van der Waals surface area contributed by atoms with Gasteiger partial charge in [0, 0.05) is 0 Å². The molecule has 0 radical (unpaired) electrons. The van der Waals surface area contributed by atoms with Crippen molar-refractivity contribution < 1.29 is 19.7 Å². The van der Waals surface area contributed by atoms with E-state index >= 15 is 0 Å². The fourth-order valence-electron chi connectivity index (χ4n) is 0.460. The highest BCUT2D eigenvalue weighted by molar-refractivity contribution is 5.69. The van der Waals surface area contributed by atoms with Crippen molar-refractivity contribution in [1.82, 2.24) is 0 Å². The van der Waals surface area contributed by atoms with Crippen molar-refractivity contribution in [2.24, 2.45) is 0 Å². The lowest BCUT2D eigenvalue weighted by Crippen LogP contribution is -2.14. The van der Waals surface area contributed by atoms with Crippen LogP contribution < -0.4 is 0 Å². The Morgan fingerprint density at radius 2 is 2.30 bits per heavy atom. The highest BCUT2D eigenvalue weighted by Crippen LogP contribution is 1.91. The molecule has 60 valence electrons. The molecule has 0 saturated carbocycles. The Morgan fingerprint density at radius 3 is 2.70 bits per heavy atom. The topological polar surface area (TPSA) is 66.8 Å². The Balaban J connectivity index is 3.26. The van der Waals surface area contributed by atoms with Crippen molar-refractivity contribution in [2.45, 2.75) is 19.4 Å². The highest BCUT2D eigenvalue weighted by Gasteiger charge is 2.05. The van der Waals surface area contributed by atoms with Gasteiger partial charge in [-0.1, -0.05) is 0 Å². The van der Waals surface area contributed by atoms with E-state index in [2.05, 4.69) is 4.74 Å². The summed E-state index contributed by atoms with van der Waals surface area (Å²) in [4.78, 5) is 10.5. The third kappa shape index (κ3) is 5.53. The van der Waals surface area contributed by atoms with E-state index < -0.39 is 12.1 Å².